The van der Waals surface area contributed by atoms with Gasteiger partial charge in [0.2, 0.25) is 5.88 Å². The van der Waals surface area contributed by atoms with Crippen molar-refractivity contribution in [3.8, 4) is 5.75 Å². The standard InChI is InChI=1S/C32H26N2O3/c1-36-22-16-17-26-24(18-22)28(20-10-4-2-5-11-20)25-19-34(21-12-6-3-7-13-21)32-29(30(25)33-26)31(35)23-14-8-9-15-27(23)37-32/h2-18,25,28,30,33H,19H2,1H3/t25-,28+,30-/m0/s1. The third-order valence-corrected chi connectivity index (χ3v) is 7.75. The molecule has 0 saturated heterocycles. The molecule has 2 aliphatic heterocycles. The maximum atomic E-state index is 14.1. The summed E-state index contributed by atoms with van der Waals surface area (Å²) in [6, 6.07) is 34.2. The molecule has 182 valence electrons. The minimum absolute atomic E-state index is 0.0174. The highest BCUT2D eigenvalue weighted by atomic mass is 16.5. The van der Waals surface area contributed by atoms with Crippen LogP contribution in [-0.4, -0.2) is 13.7 Å². The maximum Gasteiger partial charge on any atom is 0.209 e. The molecular formula is C32H26N2O3. The van der Waals surface area contributed by atoms with E-state index in [-0.39, 0.29) is 23.3 Å². The van der Waals surface area contributed by atoms with Crippen LogP contribution in [0.25, 0.3) is 11.0 Å². The number of anilines is 3. The van der Waals surface area contributed by atoms with Gasteiger partial charge >= 0.3 is 0 Å². The lowest BCUT2D eigenvalue weighted by Gasteiger charge is -2.47. The molecule has 3 atom stereocenters. The van der Waals surface area contributed by atoms with E-state index in [4.69, 9.17) is 9.15 Å². The third kappa shape index (κ3) is 3.42. The number of nitrogens with zero attached hydrogens (tertiary/aromatic N) is 1. The highest BCUT2D eigenvalue weighted by molar-refractivity contribution is 5.81. The number of para-hydroxylation sites is 2. The zero-order valence-corrected chi connectivity index (χ0v) is 20.4. The lowest BCUT2D eigenvalue weighted by molar-refractivity contribution is 0.364. The largest absolute Gasteiger partial charge is 0.497 e. The molecule has 2 aliphatic rings. The monoisotopic (exact) mass is 486 g/mol. The molecule has 0 bridgehead atoms. The van der Waals surface area contributed by atoms with Gasteiger partial charge in [0.25, 0.3) is 0 Å². The van der Waals surface area contributed by atoms with E-state index in [0.717, 1.165) is 17.1 Å². The molecule has 0 aliphatic carbocycles. The first-order valence-corrected chi connectivity index (χ1v) is 12.6. The highest BCUT2D eigenvalue weighted by Crippen LogP contribution is 2.53. The number of hydrogen-bond acceptors (Lipinski definition) is 5. The summed E-state index contributed by atoms with van der Waals surface area (Å²) in [5.74, 6) is 1.57. The van der Waals surface area contributed by atoms with Crippen molar-refractivity contribution in [2.45, 2.75) is 12.0 Å². The topological polar surface area (TPSA) is 54.7 Å². The van der Waals surface area contributed by atoms with Crippen LogP contribution in [0.15, 0.2) is 112 Å². The molecular weight excluding hydrogens is 460 g/mol. The van der Waals surface area contributed by atoms with Crippen molar-refractivity contribution in [3.63, 3.8) is 0 Å². The molecule has 0 amide bonds. The first kappa shape index (κ1) is 21.7. The van der Waals surface area contributed by atoms with Gasteiger partial charge in [-0.1, -0.05) is 60.7 Å². The molecule has 7 rings (SSSR count). The van der Waals surface area contributed by atoms with Crippen molar-refractivity contribution in [2.75, 3.05) is 23.9 Å². The zero-order chi connectivity index (χ0) is 24.9. The molecule has 37 heavy (non-hydrogen) atoms. The maximum absolute atomic E-state index is 14.1. The summed E-state index contributed by atoms with van der Waals surface area (Å²) in [7, 11) is 1.70. The molecule has 5 heteroatoms. The van der Waals surface area contributed by atoms with Gasteiger partial charge in [-0.2, -0.15) is 0 Å². The Labute approximate surface area is 214 Å². The Morgan fingerprint density at radius 3 is 2.41 bits per heavy atom. The second-order valence-electron chi connectivity index (χ2n) is 9.72. The number of methoxy groups -OCH3 is 1. The molecule has 1 N–H and O–H groups in total. The number of benzene rings is 4. The second-order valence-corrected chi connectivity index (χ2v) is 9.72. The van der Waals surface area contributed by atoms with Gasteiger partial charge in [0, 0.05) is 29.8 Å². The van der Waals surface area contributed by atoms with Crippen molar-refractivity contribution in [3.05, 3.63) is 130 Å². The third-order valence-electron chi connectivity index (χ3n) is 7.75. The van der Waals surface area contributed by atoms with Gasteiger partial charge in [0.1, 0.15) is 11.3 Å². The van der Waals surface area contributed by atoms with Crippen LogP contribution in [0.3, 0.4) is 0 Å². The van der Waals surface area contributed by atoms with Crippen LogP contribution >= 0.6 is 0 Å². The van der Waals surface area contributed by atoms with E-state index in [2.05, 4.69) is 58.7 Å². The zero-order valence-electron chi connectivity index (χ0n) is 20.4. The smallest absolute Gasteiger partial charge is 0.209 e. The van der Waals surface area contributed by atoms with Crippen LogP contribution in [0, 0.1) is 5.92 Å². The van der Waals surface area contributed by atoms with E-state index in [1.807, 2.05) is 54.6 Å². The minimum Gasteiger partial charge on any atom is -0.497 e. The van der Waals surface area contributed by atoms with Crippen LogP contribution in [0.2, 0.25) is 0 Å². The van der Waals surface area contributed by atoms with Crippen molar-refractivity contribution in [2.24, 2.45) is 5.92 Å². The Bertz CT molecular complexity index is 1660. The van der Waals surface area contributed by atoms with Crippen LogP contribution in [0.5, 0.6) is 5.75 Å². The molecule has 0 unspecified atom stereocenters. The molecule has 0 spiro atoms. The van der Waals surface area contributed by atoms with Gasteiger partial charge in [-0.3, -0.25) is 4.79 Å². The summed E-state index contributed by atoms with van der Waals surface area (Å²) in [6.07, 6.45) is 0. The lowest BCUT2D eigenvalue weighted by atomic mass is 9.70. The van der Waals surface area contributed by atoms with Gasteiger partial charge in [-0.15, -0.1) is 0 Å². The van der Waals surface area contributed by atoms with E-state index in [1.165, 1.54) is 11.1 Å². The second kappa shape index (κ2) is 8.56. The first-order valence-electron chi connectivity index (χ1n) is 12.6. The lowest BCUT2D eigenvalue weighted by Crippen LogP contribution is -2.45. The van der Waals surface area contributed by atoms with Crippen molar-refractivity contribution >= 4 is 28.2 Å². The summed E-state index contributed by atoms with van der Waals surface area (Å²) in [6.45, 7) is 0.687. The predicted octanol–water partition coefficient (Wildman–Crippen LogP) is 6.87. The fourth-order valence-electron chi connectivity index (χ4n) is 6.08. The molecule has 0 fully saturated rings. The van der Waals surface area contributed by atoms with Crippen LogP contribution in [0.4, 0.5) is 17.3 Å². The SMILES string of the molecule is COc1ccc2c(c1)[C@@H](c1ccccc1)[C@@H]1CN(c3ccccc3)c3oc4ccccc4c(=O)c3[C@H]1N2. The van der Waals surface area contributed by atoms with E-state index in [9.17, 15) is 4.79 Å². The number of ether oxygens (including phenoxy) is 1. The molecule has 1 aromatic heterocycles. The molecule has 5 nitrogen and oxygen atoms in total. The van der Waals surface area contributed by atoms with E-state index in [0.29, 0.717) is 29.0 Å². The fourth-order valence-corrected chi connectivity index (χ4v) is 6.08. The van der Waals surface area contributed by atoms with E-state index in [1.54, 1.807) is 7.11 Å². The number of nitrogens with one attached hydrogen (secondary N) is 1. The predicted molar refractivity (Wildman–Crippen MR) is 147 cm³/mol. The Hall–Kier alpha value is -4.51. The van der Waals surface area contributed by atoms with Crippen LogP contribution < -0.4 is 20.4 Å². The van der Waals surface area contributed by atoms with E-state index < -0.39 is 0 Å². The van der Waals surface area contributed by atoms with Gasteiger partial charge < -0.3 is 19.4 Å². The van der Waals surface area contributed by atoms with Crippen LogP contribution in [0.1, 0.15) is 28.7 Å². The molecule has 5 aromatic rings. The Kier molecular flexibility index (Phi) is 5.03. The summed E-state index contributed by atoms with van der Waals surface area (Å²) in [5, 5.41) is 4.35. The number of rotatable bonds is 3. The van der Waals surface area contributed by atoms with Crippen LogP contribution in [-0.2, 0) is 0 Å². The van der Waals surface area contributed by atoms with Gasteiger partial charge in [-0.25, -0.2) is 0 Å². The van der Waals surface area contributed by atoms with Gasteiger partial charge in [0.15, 0.2) is 5.43 Å². The number of fused-ring (bicyclic) bond motifs is 5. The summed E-state index contributed by atoms with van der Waals surface area (Å²) in [4.78, 5) is 16.3. The average molecular weight is 487 g/mol. The first-order chi connectivity index (χ1) is 18.2. The van der Waals surface area contributed by atoms with Gasteiger partial charge in [-0.05, 0) is 53.6 Å². The average Bonchev–Trinajstić information content (AvgIpc) is 2.96. The summed E-state index contributed by atoms with van der Waals surface area (Å²) < 4.78 is 12.1. The van der Waals surface area contributed by atoms with Crippen molar-refractivity contribution < 1.29 is 9.15 Å². The minimum atomic E-state index is -0.207. The summed E-state index contributed by atoms with van der Waals surface area (Å²) in [5.41, 5.74) is 5.71. The normalized spacial score (nSPS) is 19.9. The fraction of sp³-hybridized carbons (Fsp3) is 0.156. The molecule has 3 heterocycles. The quantitative estimate of drug-likeness (QED) is 0.302. The Morgan fingerprint density at radius 2 is 1.62 bits per heavy atom. The Morgan fingerprint density at radius 1 is 0.892 bits per heavy atom. The summed E-state index contributed by atoms with van der Waals surface area (Å²) >= 11 is 0. The molecule has 0 saturated carbocycles. The van der Waals surface area contributed by atoms with Gasteiger partial charge in [0.05, 0.1) is 24.1 Å². The molecule has 0 radical (unpaired) electrons. The Balaban J connectivity index is 1.51. The van der Waals surface area contributed by atoms with E-state index >= 15 is 0 Å². The van der Waals surface area contributed by atoms with Crippen molar-refractivity contribution in [1.82, 2.24) is 0 Å². The molecule has 4 aromatic carbocycles. The van der Waals surface area contributed by atoms with Crippen molar-refractivity contribution in [1.29, 1.82) is 0 Å². The highest BCUT2D eigenvalue weighted by Gasteiger charge is 2.46. The number of hydrogen-bond donors (Lipinski definition) is 1.